The van der Waals surface area contributed by atoms with Crippen LogP contribution in [0.15, 0.2) is 29.3 Å². The summed E-state index contributed by atoms with van der Waals surface area (Å²) in [7, 11) is 1.67. The molecule has 6 heteroatoms. The van der Waals surface area contributed by atoms with Crippen LogP contribution in [-0.2, 0) is 4.79 Å². The van der Waals surface area contributed by atoms with E-state index < -0.39 is 0 Å². The van der Waals surface area contributed by atoms with Crippen molar-refractivity contribution >= 4 is 17.6 Å². The van der Waals surface area contributed by atoms with Gasteiger partial charge in [-0.3, -0.25) is 9.79 Å². The zero-order valence-electron chi connectivity index (χ0n) is 14.2. The van der Waals surface area contributed by atoms with E-state index in [1.165, 1.54) is 31.4 Å². The van der Waals surface area contributed by atoms with Gasteiger partial charge in [0.2, 0.25) is 5.91 Å². The van der Waals surface area contributed by atoms with Gasteiger partial charge in [0.25, 0.3) is 0 Å². The molecule has 1 aromatic carbocycles. The fourth-order valence-electron chi connectivity index (χ4n) is 2.14. The Bertz CT molecular complexity index is 519. The third-order valence-electron chi connectivity index (χ3n) is 3.37. The van der Waals surface area contributed by atoms with Gasteiger partial charge < -0.3 is 16.0 Å². The van der Waals surface area contributed by atoms with Gasteiger partial charge in [-0.2, -0.15) is 0 Å². The van der Waals surface area contributed by atoms with Gasteiger partial charge in [0.15, 0.2) is 5.96 Å². The number of benzene rings is 1. The summed E-state index contributed by atoms with van der Waals surface area (Å²) in [6.45, 7) is 4.34. The largest absolute Gasteiger partial charge is 0.354 e. The summed E-state index contributed by atoms with van der Waals surface area (Å²) in [6.07, 6.45) is 4.64. The minimum Gasteiger partial charge on any atom is -0.354 e. The van der Waals surface area contributed by atoms with Gasteiger partial charge >= 0.3 is 0 Å². The number of anilines is 1. The molecule has 0 aliphatic rings. The number of guanidine groups is 1. The molecule has 0 saturated heterocycles. The van der Waals surface area contributed by atoms with Crippen molar-refractivity contribution in [3.8, 4) is 0 Å². The minimum absolute atomic E-state index is 0.0673. The highest BCUT2D eigenvalue weighted by atomic mass is 19.1. The maximum absolute atomic E-state index is 13.1. The van der Waals surface area contributed by atoms with Crippen molar-refractivity contribution in [2.75, 3.05) is 18.9 Å². The van der Waals surface area contributed by atoms with Crippen LogP contribution in [-0.4, -0.2) is 31.5 Å². The summed E-state index contributed by atoms with van der Waals surface area (Å²) in [5.41, 5.74) is 0.438. The lowest BCUT2D eigenvalue weighted by Crippen LogP contribution is -2.44. The van der Waals surface area contributed by atoms with Gasteiger partial charge in [-0.1, -0.05) is 32.3 Å². The van der Waals surface area contributed by atoms with E-state index in [0.29, 0.717) is 17.7 Å². The molecule has 1 atom stereocenters. The first kappa shape index (κ1) is 18.9. The molecule has 1 amide bonds. The van der Waals surface area contributed by atoms with E-state index in [1.54, 1.807) is 19.2 Å². The lowest BCUT2D eigenvalue weighted by molar-refractivity contribution is -0.115. The number of aliphatic imine (C=N–C) groups is 1. The number of carbonyl (C=O) groups excluding carboxylic acids is 1. The van der Waals surface area contributed by atoms with E-state index in [4.69, 9.17) is 0 Å². The predicted octanol–water partition coefficient (Wildman–Crippen LogP) is 2.90. The molecule has 1 rings (SSSR count). The summed E-state index contributed by atoms with van der Waals surface area (Å²) < 4.78 is 13.1. The molecule has 0 bridgehead atoms. The smallest absolute Gasteiger partial charge is 0.243 e. The molecule has 0 radical (unpaired) electrons. The van der Waals surface area contributed by atoms with E-state index in [2.05, 4.69) is 34.8 Å². The van der Waals surface area contributed by atoms with Crippen molar-refractivity contribution in [2.24, 2.45) is 4.99 Å². The monoisotopic (exact) mass is 322 g/mol. The fourth-order valence-corrected chi connectivity index (χ4v) is 2.14. The fraction of sp³-hybridized carbons (Fsp3) is 0.529. The van der Waals surface area contributed by atoms with Gasteiger partial charge in [0.1, 0.15) is 5.82 Å². The van der Waals surface area contributed by atoms with Gasteiger partial charge in [-0.15, -0.1) is 0 Å². The Balaban J connectivity index is 2.34. The molecule has 5 nitrogen and oxygen atoms in total. The Hall–Kier alpha value is -2.11. The van der Waals surface area contributed by atoms with E-state index in [1.807, 2.05) is 0 Å². The Morgan fingerprint density at radius 3 is 2.78 bits per heavy atom. The highest BCUT2D eigenvalue weighted by Gasteiger charge is 2.07. The Kier molecular flexibility index (Phi) is 8.72. The minimum atomic E-state index is -0.380. The first-order valence-corrected chi connectivity index (χ1v) is 8.07. The number of carbonyl (C=O) groups is 1. The molecule has 0 fully saturated rings. The highest BCUT2D eigenvalue weighted by molar-refractivity contribution is 5.94. The number of rotatable bonds is 8. The zero-order chi connectivity index (χ0) is 17.1. The van der Waals surface area contributed by atoms with Crippen LogP contribution in [0, 0.1) is 5.82 Å². The van der Waals surface area contributed by atoms with Gasteiger partial charge in [0, 0.05) is 18.8 Å². The topological polar surface area (TPSA) is 65.5 Å². The standard InChI is InChI=1S/C17H27FN4O/c1-4-5-6-8-13(2)21-17(19-3)20-12-16(23)22-15-10-7-9-14(18)11-15/h7,9-11,13H,4-6,8,12H2,1-3H3,(H,22,23)(H2,19,20,21). The molecule has 1 unspecified atom stereocenters. The summed E-state index contributed by atoms with van der Waals surface area (Å²) in [6, 6.07) is 6.10. The van der Waals surface area contributed by atoms with Crippen molar-refractivity contribution in [3.63, 3.8) is 0 Å². The quantitative estimate of drug-likeness (QED) is 0.392. The van der Waals surface area contributed by atoms with Crippen LogP contribution in [0.4, 0.5) is 10.1 Å². The molecule has 0 heterocycles. The summed E-state index contributed by atoms with van der Waals surface area (Å²) >= 11 is 0. The summed E-state index contributed by atoms with van der Waals surface area (Å²) in [5, 5.41) is 8.84. The van der Waals surface area contributed by atoms with Crippen LogP contribution in [0.2, 0.25) is 0 Å². The third kappa shape index (κ3) is 8.18. The molecule has 1 aromatic rings. The first-order valence-electron chi connectivity index (χ1n) is 8.07. The molecule has 0 aliphatic carbocycles. The SMILES string of the molecule is CCCCCC(C)NC(=NC)NCC(=O)Nc1cccc(F)c1. The normalized spacial score (nSPS) is 12.6. The number of hydrogen-bond donors (Lipinski definition) is 3. The number of unbranched alkanes of at least 4 members (excludes halogenated alkanes) is 2. The highest BCUT2D eigenvalue weighted by Crippen LogP contribution is 2.08. The molecule has 128 valence electrons. The second-order valence-electron chi connectivity index (χ2n) is 5.53. The molecule has 0 saturated carbocycles. The third-order valence-corrected chi connectivity index (χ3v) is 3.37. The van der Waals surface area contributed by atoms with Crippen LogP contribution < -0.4 is 16.0 Å². The molecular formula is C17H27FN4O. The Labute approximate surface area is 137 Å². The van der Waals surface area contributed by atoms with Crippen LogP contribution in [0.3, 0.4) is 0 Å². The second-order valence-corrected chi connectivity index (χ2v) is 5.53. The van der Waals surface area contributed by atoms with Crippen molar-refractivity contribution in [1.29, 1.82) is 0 Å². The lowest BCUT2D eigenvalue weighted by Gasteiger charge is -2.17. The van der Waals surface area contributed by atoms with Crippen LogP contribution in [0.1, 0.15) is 39.5 Å². The number of amides is 1. The lowest BCUT2D eigenvalue weighted by atomic mass is 10.1. The number of nitrogens with one attached hydrogen (secondary N) is 3. The maximum Gasteiger partial charge on any atom is 0.243 e. The first-order chi connectivity index (χ1) is 11.0. The molecule has 3 N–H and O–H groups in total. The van der Waals surface area contributed by atoms with Crippen LogP contribution >= 0.6 is 0 Å². The summed E-state index contributed by atoms with van der Waals surface area (Å²) in [4.78, 5) is 16.0. The Morgan fingerprint density at radius 1 is 1.35 bits per heavy atom. The summed E-state index contributed by atoms with van der Waals surface area (Å²) in [5.74, 6) is -0.0466. The van der Waals surface area contributed by atoms with Crippen molar-refractivity contribution < 1.29 is 9.18 Å². The van der Waals surface area contributed by atoms with Crippen LogP contribution in [0.5, 0.6) is 0 Å². The molecule has 23 heavy (non-hydrogen) atoms. The van der Waals surface area contributed by atoms with E-state index in [0.717, 1.165) is 6.42 Å². The van der Waals surface area contributed by atoms with E-state index >= 15 is 0 Å². The van der Waals surface area contributed by atoms with E-state index in [-0.39, 0.29) is 18.3 Å². The Morgan fingerprint density at radius 2 is 2.13 bits per heavy atom. The van der Waals surface area contributed by atoms with Gasteiger partial charge in [-0.25, -0.2) is 4.39 Å². The van der Waals surface area contributed by atoms with Gasteiger partial charge in [0.05, 0.1) is 6.54 Å². The zero-order valence-corrected chi connectivity index (χ0v) is 14.2. The number of nitrogens with zero attached hydrogens (tertiary/aromatic N) is 1. The maximum atomic E-state index is 13.1. The van der Waals surface area contributed by atoms with Gasteiger partial charge in [-0.05, 0) is 31.5 Å². The molecule has 0 aliphatic heterocycles. The average molecular weight is 322 g/mol. The number of halogens is 1. The number of hydrogen-bond acceptors (Lipinski definition) is 2. The molecule has 0 aromatic heterocycles. The van der Waals surface area contributed by atoms with Crippen molar-refractivity contribution in [1.82, 2.24) is 10.6 Å². The molecular weight excluding hydrogens is 295 g/mol. The van der Waals surface area contributed by atoms with Crippen LogP contribution in [0.25, 0.3) is 0 Å². The predicted molar refractivity (Wildman–Crippen MR) is 93.1 cm³/mol. The van der Waals surface area contributed by atoms with Crippen molar-refractivity contribution in [2.45, 2.75) is 45.6 Å². The second kappa shape index (κ2) is 10.6. The average Bonchev–Trinajstić information content (AvgIpc) is 2.51. The molecule has 0 spiro atoms. The van der Waals surface area contributed by atoms with E-state index in [9.17, 15) is 9.18 Å². The van der Waals surface area contributed by atoms with Crippen molar-refractivity contribution in [3.05, 3.63) is 30.1 Å².